The van der Waals surface area contributed by atoms with Crippen molar-refractivity contribution in [3.05, 3.63) is 33.9 Å². The van der Waals surface area contributed by atoms with Gasteiger partial charge in [0, 0.05) is 37.6 Å². The standard InChI is InChI=1S/C14H20N2O3/c1-11-12(4-3-5-13(11)16(17)18)15-10-14(6-7-14)8-9-19-2/h3-5,15H,6-10H2,1-2H3. The molecule has 5 heteroatoms. The zero-order valence-corrected chi connectivity index (χ0v) is 11.4. The van der Waals surface area contributed by atoms with Gasteiger partial charge in [-0.15, -0.1) is 0 Å². The molecule has 5 nitrogen and oxygen atoms in total. The number of nitrogens with zero attached hydrogens (tertiary/aromatic N) is 1. The summed E-state index contributed by atoms with van der Waals surface area (Å²) in [5.41, 5.74) is 2.06. The van der Waals surface area contributed by atoms with Crippen molar-refractivity contribution >= 4 is 11.4 Å². The van der Waals surface area contributed by atoms with E-state index in [0.717, 1.165) is 25.3 Å². The van der Waals surface area contributed by atoms with Gasteiger partial charge in [-0.25, -0.2) is 0 Å². The smallest absolute Gasteiger partial charge is 0.274 e. The summed E-state index contributed by atoms with van der Waals surface area (Å²) in [6, 6.07) is 5.16. The first-order chi connectivity index (χ1) is 9.08. The van der Waals surface area contributed by atoms with E-state index in [1.54, 1.807) is 26.2 Å². The van der Waals surface area contributed by atoms with E-state index in [-0.39, 0.29) is 10.6 Å². The number of nitro groups is 1. The maximum Gasteiger partial charge on any atom is 0.274 e. The molecule has 1 aromatic rings. The maximum atomic E-state index is 10.9. The zero-order valence-electron chi connectivity index (χ0n) is 11.4. The van der Waals surface area contributed by atoms with Crippen LogP contribution in [0.15, 0.2) is 18.2 Å². The molecule has 0 atom stereocenters. The lowest BCUT2D eigenvalue weighted by Crippen LogP contribution is -2.17. The Labute approximate surface area is 113 Å². The van der Waals surface area contributed by atoms with Gasteiger partial charge in [0.25, 0.3) is 5.69 Å². The summed E-state index contributed by atoms with van der Waals surface area (Å²) in [7, 11) is 1.72. The van der Waals surface area contributed by atoms with Crippen LogP contribution in [0.3, 0.4) is 0 Å². The van der Waals surface area contributed by atoms with Crippen LogP contribution in [-0.4, -0.2) is 25.2 Å². The predicted octanol–water partition coefficient (Wildman–Crippen LogP) is 3.13. The summed E-state index contributed by atoms with van der Waals surface area (Å²) in [5, 5.41) is 14.2. The van der Waals surface area contributed by atoms with Crippen molar-refractivity contribution in [2.75, 3.05) is 25.6 Å². The fraction of sp³-hybridized carbons (Fsp3) is 0.571. The molecule has 0 unspecified atom stereocenters. The summed E-state index contributed by atoms with van der Waals surface area (Å²) < 4.78 is 5.13. The lowest BCUT2D eigenvalue weighted by Gasteiger charge is -2.17. The molecule has 0 aliphatic heterocycles. The minimum Gasteiger partial charge on any atom is -0.385 e. The van der Waals surface area contributed by atoms with Crippen molar-refractivity contribution < 1.29 is 9.66 Å². The molecule has 2 rings (SSSR count). The van der Waals surface area contributed by atoms with Crippen LogP contribution >= 0.6 is 0 Å². The van der Waals surface area contributed by atoms with Gasteiger partial charge < -0.3 is 10.1 Å². The van der Waals surface area contributed by atoms with Crippen LogP contribution < -0.4 is 5.32 Å². The third-order valence-corrected chi connectivity index (χ3v) is 3.95. The molecule has 0 radical (unpaired) electrons. The van der Waals surface area contributed by atoms with Gasteiger partial charge in [-0.3, -0.25) is 10.1 Å². The summed E-state index contributed by atoms with van der Waals surface area (Å²) in [5.74, 6) is 0. The molecule has 1 aliphatic rings. The topological polar surface area (TPSA) is 64.4 Å². The van der Waals surface area contributed by atoms with Crippen LogP contribution in [0.25, 0.3) is 0 Å². The highest BCUT2D eigenvalue weighted by molar-refractivity contribution is 5.59. The quantitative estimate of drug-likeness (QED) is 0.607. The molecule has 0 amide bonds. The van der Waals surface area contributed by atoms with E-state index in [0.29, 0.717) is 11.0 Å². The number of hydrogen-bond donors (Lipinski definition) is 1. The van der Waals surface area contributed by atoms with Crippen molar-refractivity contribution in [2.24, 2.45) is 5.41 Å². The van der Waals surface area contributed by atoms with E-state index in [9.17, 15) is 10.1 Å². The van der Waals surface area contributed by atoms with Crippen LogP contribution in [0, 0.1) is 22.5 Å². The summed E-state index contributed by atoms with van der Waals surface area (Å²) >= 11 is 0. The fourth-order valence-electron chi connectivity index (χ4n) is 2.31. The highest BCUT2D eigenvalue weighted by atomic mass is 16.6. The fourth-order valence-corrected chi connectivity index (χ4v) is 2.31. The normalized spacial score (nSPS) is 16.1. The molecule has 1 aromatic carbocycles. The van der Waals surface area contributed by atoms with E-state index in [4.69, 9.17) is 4.74 Å². The molecule has 0 aromatic heterocycles. The number of rotatable bonds is 7. The Morgan fingerprint density at radius 1 is 1.47 bits per heavy atom. The Morgan fingerprint density at radius 3 is 2.79 bits per heavy atom. The van der Waals surface area contributed by atoms with Crippen molar-refractivity contribution in [3.63, 3.8) is 0 Å². The second-order valence-electron chi connectivity index (χ2n) is 5.30. The second kappa shape index (κ2) is 5.57. The summed E-state index contributed by atoms with van der Waals surface area (Å²) in [6.07, 6.45) is 3.46. The van der Waals surface area contributed by atoms with Crippen molar-refractivity contribution in [1.29, 1.82) is 0 Å². The third kappa shape index (κ3) is 3.23. The average Bonchev–Trinajstić information content (AvgIpc) is 3.15. The number of hydrogen-bond acceptors (Lipinski definition) is 4. The van der Waals surface area contributed by atoms with Crippen molar-refractivity contribution in [3.8, 4) is 0 Å². The molecule has 19 heavy (non-hydrogen) atoms. The molecule has 1 N–H and O–H groups in total. The molecule has 0 spiro atoms. The molecule has 0 heterocycles. The zero-order chi connectivity index (χ0) is 13.9. The first-order valence-electron chi connectivity index (χ1n) is 6.55. The van der Waals surface area contributed by atoms with E-state index in [1.165, 1.54) is 12.8 Å². The van der Waals surface area contributed by atoms with Gasteiger partial charge in [0.2, 0.25) is 0 Å². The molecule has 0 saturated heterocycles. The number of methoxy groups -OCH3 is 1. The monoisotopic (exact) mass is 264 g/mol. The Balaban J connectivity index is 2.00. The largest absolute Gasteiger partial charge is 0.385 e. The SMILES string of the molecule is COCCC1(CNc2cccc([N+](=O)[O-])c2C)CC1. The van der Waals surface area contributed by atoms with E-state index < -0.39 is 0 Å². The van der Waals surface area contributed by atoms with Crippen LogP contribution in [0.4, 0.5) is 11.4 Å². The van der Waals surface area contributed by atoms with E-state index >= 15 is 0 Å². The van der Waals surface area contributed by atoms with Crippen molar-refractivity contribution in [2.45, 2.75) is 26.2 Å². The van der Waals surface area contributed by atoms with Gasteiger partial charge in [-0.2, -0.15) is 0 Å². The van der Waals surface area contributed by atoms with Gasteiger partial charge in [-0.1, -0.05) is 6.07 Å². The number of ether oxygens (including phenoxy) is 1. The van der Waals surface area contributed by atoms with Crippen LogP contribution in [0.1, 0.15) is 24.8 Å². The highest BCUT2D eigenvalue weighted by Crippen LogP contribution is 2.48. The minimum absolute atomic E-state index is 0.173. The van der Waals surface area contributed by atoms with Gasteiger partial charge in [0.05, 0.1) is 4.92 Å². The number of anilines is 1. The van der Waals surface area contributed by atoms with E-state index in [2.05, 4.69) is 5.32 Å². The average molecular weight is 264 g/mol. The lowest BCUT2D eigenvalue weighted by molar-refractivity contribution is -0.385. The van der Waals surface area contributed by atoms with Gasteiger partial charge in [0.1, 0.15) is 0 Å². The maximum absolute atomic E-state index is 10.9. The Morgan fingerprint density at radius 2 is 2.21 bits per heavy atom. The third-order valence-electron chi connectivity index (χ3n) is 3.95. The van der Waals surface area contributed by atoms with Gasteiger partial charge in [-0.05, 0) is 37.7 Å². The van der Waals surface area contributed by atoms with Crippen LogP contribution in [0.2, 0.25) is 0 Å². The summed E-state index contributed by atoms with van der Waals surface area (Å²) in [6.45, 7) is 3.42. The molecular weight excluding hydrogens is 244 g/mol. The lowest BCUT2D eigenvalue weighted by atomic mass is 10.0. The van der Waals surface area contributed by atoms with Gasteiger partial charge >= 0.3 is 0 Å². The number of benzene rings is 1. The molecule has 0 bridgehead atoms. The Kier molecular flexibility index (Phi) is 4.04. The molecular formula is C14H20N2O3. The first kappa shape index (κ1) is 13.8. The molecule has 104 valence electrons. The molecule has 1 fully saturated rings. The first-order valence-corrected chi connectivity index (χ1v) is 6.55. The van der Waals surface area contributed by atoms with E-state index in [1.807, 2.05) is 6.07 Å². The summed E-state index contributed by atoms with van der Waals surface area (Å²) in [4.78, 5) is 10.6. The van der Waals surface area contributed by atoms with Crippen molar-refractivity contribution in [1.82, 2.24) is 0 Å². The molecule has 1 aliphatic carbocycles. The predicted molar refractivity (Wildman–Crippen MR) is 74.5 cm³/mol. The Bertz CT molecular complexity index is 470. The van der Waals surface area contributed by atoms with Crippen LogP contribution in [-0.2, 0) is 4.74 Å². The second-order valence-corrected chi connectivity index (χ2v) is 5.30. The van der Waals surface area contributed by atoms with Gasteiger partial charge in [0.15, 0.2) is 0 Å². The number of nitrogens with one attached hydrogen (secondary N) is 1. The van der Waals surface area contributed by atoms with Crippen LogP contribution in [0.5, 0.6) is 0 Å². The Hall–Kier alpha value is -1.62. The minimum atomic E-state index is -0.335. The number of nitro benzene ring substituents is 1. The molecule has 1 saturated carbocycles. The highest BCUT2D eigenvalue weighted by Gasteiger charge is 2.41.